The molecule has 0 atom stereocenters. The van der Waals surface area contributed by atoms with Crippen molar-refractivity contribution >= 4 is 11.7 Å². The van der Waals surface area contributed by atoms with E-state index in [0.717, 1.165) is 5.69 Å². The van der Waals surface area contributed by atoms with Crippen molar-refractivity contribution in [3.8, 4) is 11.5 Å². The standard InChI is InChI=1S/C15H16N2O3/c1-3-19-15(18)12-9-11(6-7-13(12)16)20-14-5-4-8-17-10(14)2/h4-9H,3,16H2,1-2H3. The molecule has 104 valence electrons. The maximum atomic E-state index is 11.8. The summed E-state index contributed by atoms with van der Waals surface area (Å²) in [6.45, 7) is 3.89. The van der Waals surface area contributed by atoms with Gasteiger partial charge in [0.15, 0.2) is 0 Å². The van der Waals surface area contributed by atoms with Crippen LogP contribution in [-0.2, 0) is 4.74 Å². The molecule has 20 heavy (non-hydrogen) atoms. The number of carbonyl (C=O) groups is 1. The maximum Gasteiger partial charge on any atom is 0.340 e. The van der Waals surface area contributed by atoms with Gasteiger partial charge in [0.05, 0.1) is 17.9 Å². The van der Waals surface area contributed by atoms with Crippen LogP contribution in [0.4, 0.5) is 5.69 Å². The van der Waals surface area contributed by atoms with Crippen molar-refractivity contribution in [1.29, 1.82) is 0 Å². The summed E-state index contributed by atoms with van der Waals surface area (Å²) in [6.07, 6.45) is 1.69. The summed E-state index contributed by atoms with van der Waals surface area (Å²) < 4.78 is 10.7. The largest absolute Gasteiger partial charge is 0.462 e. The molecule has 0 radical (unpaired) electrons. The third-order valence-corrected chi connectivity index (χ3v) is 2.71. The molecular formula is C15H16N2O3. The predicted molar refractivity (Wildman–Crippen MR) is 75.9 cm³/mol. The molecule has 0 spiro atoms. The molecule has 0 aliphatic carbocycles. The number of rotatable bonds is 4. The van der Waals surface area contributed by atoms with Crippen molar-refractivity contribution in [2.45, 2.75) is 13.8 Å². The van der Waals surface area contributed by atoms with Crippen LogP contribution in [0, 0.1) is 6.92 Å². The highest BCUT2D eigenvalue weighted by molar-refractivity contribution is 5.95. The SMILES string of the molecule is CCOC(=O)c1cc(Oc2cccnc2C)ccc1N. The number of ether oxygens (including phenoxy) is 2. The maximum absolute atomic E-state index is 11.8. The highest BCUT2D eigenvalue weighted by Gasteiger charge is 2.12. The van der Waals surface area contributed by atoms with Crippen molar-refractivity contribution in [3.05, 3.63) is 47.8 Å². The number of esters is 1. The molecule has 0 amide bonds. The molecule has 0 saturated carbocycles. The van der Waals surface area contributed by atoms with Gasteiger partial charge in [0, 0.05) is 11.9 Å². The first-order chi connectivity index (χ1) is 9.61. The van der Waals surface area contributed by atoms with Crippen molar-refractivity contribution in [2.24, 2.45) is 0 Å². The Morgan fingerprint density at radius 1 is 1.35 bits per heavy atom. The average molecular weight is 272 g/mol. The lowest BCUT2D eigenvalue weighted by Crippen LogP contribution is -2.08. The van der Waals surface area contributed by atoms with Gasteiger partial charge in [-0.1, -0.05) is 0 Å². The lowest BCUT2D eigenvalue weighted by atomic mass is 10.1. The van der Waals surface area contributed by atoms with Crippen LogP contribution in [0.3, 0.4) is 0 Å². The summed E-state index contributed by atoms with van der Waals surface area (Å²) in [5.41, 5.74) is 7.20. The fourth-order valence-corrected chi connectivity index (χ4v) is 1.69. The number of aromatic nitrogens is 1. The number of nitrogens with two attached hydrogens (primary N) is 1. The summed E-state index contributed by atoms with van der Waals surface area (Å²) in [5.74, 6) is 0.684. The molecule has 2 rings (SSSR count). The third kappa shape index (κ3) is 3.06. The number of carbonyl (C=O) groups excluding carboxylic acids is 1. The molecule has 0 bridgehead atoms. The molecule has 1 aromatic heterocycles. The van der Waals surface area contributed by atoms with E-state index in [1.807, 2.05) is 13.0 Å². The Bertz CT molecular complexity index is 626. The quantitative estimate of drug-likeness (QED) is 0.684. The minimum absolute atomic E-state index is 0.297. The van der Waals surface area contributed by atoms with Crippen LogP contribution in [0.1, 0.15) is 23.0 Å². The molecular weight excluding hydrogens is 256 g/mol. The van der Waals surface area contributed by atoms with Crippen LogP contribution in [0.2, 0.25) is 0 Å². The van der Waals surface area contributed by atoms with Gasteiger partial charge in [-0.25, -0.2) is 4.79 Å². The number of anilines is 1. The summed E-state index contributed by atoms with van der Waals surface area (Å²) in [6, 6.07) is 8.48. The first-order valence-corrected chi connectivity index (χ1v) is 6.28. The van der Waals surface area contributed by atoms with Gasteiger partial charge in [0.2, 0.25) is 0 Å². The van der Waals surface area contributed by atoms with E-state index in [1.54, 1.807) is 37.4 Å². The fourth-order valence-electron chi connectivity index (χ4n) is 1.69. The first kappa shape index (κ1) is 13.9. The number of pyridine rings is 1. The Balaban J connectivity index is 2.28. The number of aryl methyl sites for hydroxylation is 1. The van der Waals surface area contributed by atoms with E-state index in [-0.39, 0.29) is 0 Å². The van der Waals surface area contributed by atoms with Gasteiger partial charge in [0.1, 0.15) is 11.5 Å². The second kappa shape index (κ2) is 6.06. The monoisotopic (exact) mass is 272 g/mol. The topological polar surface area (TPSA) is 74.4 Å². The molecule has 0 saturated heterocycles. The van der Waals surface area contributed by atoms with Crippen LogP contribution < -0.4 is 10.5 Å². The Labute approximate surface area is 117 Å². The van der Waals surface area contributed by atoms with Crippen molar-refractivity contribution in [1.82, 2.24) is 4.98 Å². The molecule has 0 aliphatic heterocycles. The van der Waals surface area contributed by atoms with Gasteiger partial charge < -0.3 is 15.2 Å². The van der Waals surface area contributed by atoms with E-state index in [4.69, 9.17) is 15.2 Å². The smallest absolute Gasteiger partial charge is 0.340 e. The Hall–Kier alpha value is -2.56. The average Bonchev–Trinajstić information content (AvgIpc) is 2.43. The summed E-state index contributed by atoms with van der Waals surface area (Å²) in [7, 11) is 0. The highest BCUT2D eigenvalue weighted by atomic mass is 16.5. The molecule has 0 unspecified atom stereocenters. The van der Waals surface area contributed by atoms with Crippen molar-refractivity contribution in [2.75, 3.05) is 12.3 Å². The number of benzene rings is 1. The fraction of sp³-hybridized carbons (Fsp3) is 0.200. The summed E-state index contributed by atoms with van der Waals surface area (Å²) in [5, 5.41) is 0. The van der Waals surface area contributed by atoms with Crippen LogP contribution in [0.5, 0.6) is 11.5 Å². The summed E-state index contributed by atoms with van der Waals surface area (Å²) in [4.78, 5) is 15.9. The highest BCUT2D eigenvalue weighted by Crippen LogP contribution is 2.26. The van der Waals surface area contributed by atoms with Gasteiger partial charge in [-0.3, -0.25) is 4.98 Å². The van der Waals surface area contributed by atoms with Gasteiger partial charge >= 0.3 is 5.97 Å². The predicted octanol–water partition coefficient (Wildman–Crippen LogP) is 2.94. The Morgan fingerprint density at radius 3 is 2.85 bits per heavy atom. The van der Waals surface area contributed by atoms with Crippen LogP contribution in [-0.4, -0.2) is 17.6 Å². The minimum Gasteiger partial charge on any atom is -0.462 e. The molecule has 5 nitrogen and oxygen atoms in total. The molecule has 5 heteroatoms. The number of hydrogen-bond donors (Lipinski definition) is 1. The lowest BCUT2D eigenvalue weighted by molar-refractivity contribution is 0.0527. The van der Waals surface area contributed by atoms with Gasteiger partial charge in [-0.05, 0) is 44.2 Å². The zero-order chi connectivity index (χ0) is 14.5. The Morgan fingerprint density at radius 2 is 2.15 bits per heavy atom. The number of nitrogen functional groups attached to an aromatic ring is 1. The minimum atomic E-state index is -0.460. The van der Waals surface area contributed by atoms with Crippen LogP contribution >= 0.6 is 0 Å². The number of nitrogens with zero attached hydrogens (tertiary/aromatic N) is 1. The zero-order valence-corrected chi connectivity index (χ0v) is 11.4. The van der Waals surface area contributed by atoms with E-state index >= 15 is 0 Å². The molecule has 0 aliphatic rings. The van der Waals surface area contributed by atoms with Crippen molar-refractivity contribution < 1.29 is 14.3 Å². The van der Waals surface area contributed by atoms with E-state index in [9.17, 15) is 4.79 Å². The second-order valence-corrected chi connectivity index (χ2v) is 4.16. The molecule has 2 N–H and O–H groups in total. The third-order valence-electron chi connectivity index (χ3n) is 2.71. The number of hydrogen-bond acceptors (Lipinski definition) is 5. The lowest BCUT2D eigenvalue weighted by Gasteiger charge is -2.10. The van der Waals surface area contributed by atoms with E-state index in [0.29, 0.717) is 29.4 Å². The van der Waals surface area contributed by atoms with Gasteiger partial charge in [-0.15, -0.1) is 0 Å². The van der Waals surface area contributed by atoms with Gasteiger partial charge in [0.25, 0.3) is 0 Å². The normalized spacial score (nSPS) is 10.1. The Kier molecular flexibility index (Phi) is 4.20. The zero-order valence-electron chi connectivity index (χ0n) is 11.4. The molecule has 0 fully saturated rings. The van der Waals surface area contributed by atoms with E-state index in [2.05, 4.69) is 4.98 Å². The molecule has 2 aromatic rings. The van der Waals surface area contributed by atoms with Crippen molar-refractivity contribution in [3.63, 3.8) is 0 Å². The van der Waals surface area contributed by atoms with Crippen LogP contribution in [0.25, 0.3) is 0 Å². The first-order valence-electron chi connectivity index (χ1n) is 6.28. The summed E-state index contributed by atoms with van der Waals surface area (Å²) >= 11 is 0. The van der Waals surface area contributed by atoms with E-state index in [1.165, 1.54) is 0 Å². The second-order valence-electron chi connectivity index (χ2n) is 4.16. The van der Waals surface area contributed by atoms with Gasteiger partial charge in [-0.2, -0.15) is 0 Å². The van der Waals surface area contributed by atoms with E-state index < -0.39 is 5.97 Å². The molecule has 1 heterocycles. The molecule has 1 aromatic carbocycles. The van der Waals surface area contributed by atoms with Crippen LogP contribution in [0.15, 0.2) is 36.5 Å².